The van der Waals surface area contributed by atoms with Crippen molar-refractivity contribution >= 4 is 40.5 Å². The van der Waals surface area contributed by atoms with Crippen molar-refractivity contribution in [1.82, 2.24) is 9.80 Å². The first-order chi connectivity index (χ1) is 25.6. The first kappa shape index (κ1) is 40.4. The normalized spacial score (nSPS) is 13.1. The maximum absolute atomic E-state index is 14.6. The summed E-state index contributed by atoms with van der Waals surface area (Å²) in [6.45, 7) is 15.0. The van der Waals surface area contributed by atoms with Gasteiger partial charge in [0.15, 0.2) is 11.6 Å². The summed E-state index contributed by atoms with van der Waals surface area (Å²) >= 11 is 7.81. The Labute approximate surface area is 322 Å². The molecule has 4 aromatic carbocycles. The maximum atomic E-state index is 14.6. The van der Waals surface area contributed by atoms with E-state index in [1.54, 1.807) is 4.90 Å². The molecular formula is C43H41ClF5N3OS. The minimum absolute atomic E-state index is 0.0615. The predicted octanol–water partition coefficient (Wildman–Crippen LogP) is 11.9. The SMILES string of the molecule is C=C1C=C(SCc2cccc(F)c2F)N(CC(=O)N(CCN(/C=C(/Cl)C(C)C)C(=C)C)Cc2ccc(-c3ccc(C(F)(F)F)cc3)cc2)c2ccccc21. The van der Waals surface area contributed by atoms with Crippen molar-refractivity contribution in [3.63, 3.8) is 0 Å². The minimum Gasteiger partial charge on any atom is -0.349 e. The lowest BCUT2D eigenvalue weighted by atomic mass is 10.0. The molecule has 0 spiro atoms. The van der Waals surface area contributed by atoms with Gasteiger partial charge >= 0.3 is 6.18 Å². The molecule has 0 bridgehead atoms. The third-order valence-electron chi connectivity index (χ3n) is 8.96. The number of para-hydroxylation sites is 1. The molecule has 1 aliphatic rings. The van der Waals surface area contributed by atoms with Gasteiger partial charge in [-0.3, -0.25) is 4.79 Å². The average Bonchev–Trinajstić information content (AvgIpc) is 3.14. The van der Waals surface area contributed by atoms with E-state index in [9.17, 15) is 26.7 Å². The first-order valence-electron chi connectivity index (χ1n) is 17.3. The number of nitrogens with zero attached hydrogens (tertiary/aromatic N) is 3. The molecule has 54 heavy (non-hydrogen) atoms. The molecule has 0 atom stereocenters. The third kappa shape index (κ3) is 10.0. The van der Waals surface area contributed by atoms with E-state index in [0.717, 1.165) is 51.8 Å². The largest absolute Gasteiger partial charge is 0.416 e. The van der Waals surface area contributed by atoms with Gasteiger partial charge in [-0.05, 0) is 65.4 Å². The maximum Gasteiger partial charge on any atom is 0.416 e. The molecule has 0 radical (unpaired) electrons. The minimum atomic E-state index is -4.42. The summed E-state index contributed by atoms with van der Waals surface area (Å²) in [4.78, 5) is 20.0. The monoisotopic (exact) mass is 777 g/mol. The van der Waals surface area contributed by atoms with Gasteiger partial charge in [0, 0.05) is 59.1 Å². The molecule has 0 aromatic heterocycles. The van der Waals surface area contributed by atoms with Gasteiger partial charge in [0.25, 0.3) is 0 Å². The van der Waals surface area contributed by atoms with Crippen molar-refractivity contribution in [2.45, 2.75) is 39.2 Å². The number of amides is 1. The van der Waals surface area contributed by atoms with Gasteiger partial charge in [0.1, 0.15) is 6.54 Å². The van der Waals surface area contributed by atoms with Crippen LogP contribution in [0.5, 0.6) is 0 Å². The summed E-state index contributed by atoms with van der Waals surface area (Å²) in [7, 11) is 0. The Balaban J connectivity index is 1.43. The highest BCUT2D eigenvalue weighted by molar-refractivity contribution is 8.02. The Morgan fingerprint density at radius 2 is 1.57 bits per heavy atom. The number of halogens is 6. The van der Waals surface area contributed by atoms with E-state index in [1.807, 2.05) is 91.4 Å². The summed E-state index contributed by atoms with van der Waals surface area (Å²) in [5.74, 6) is -1.82. The van der Waals surface area contributed by atoms with Crippen LogP contribution in [-0.2, 0) is 23.3 Å². The Hall–Kier alpha value is -4.80. The van der Waals surface area contributed by atoms with Crippen LogP contribution in [0.4, 0.5) is 27.6 Å². The van der Waals surface area contributed by atoms with Crippen LogP contribution >= 0.6 is 23.4 Å². The molecule has 4 nitrogen and oxygen atoms in total. The third-order valence-corrected chi connectivity index (χ3v) is 10.6. The second kappa shape index (κ2) is 17.6. The standard InChI is InChI=1S/C43H41ClF5N3OS/c1-28(2)37(44)25-50(29(3)4)21-22-51(24-31-13-15-32(16-14-31)33-17-19-35(20-18-33)43(47,48)49)40(53)26-52-39-12-7-6-10-36(39)30(5)23-41(52)54-27-34-9-8-11-38(45)42(34)46/h6-20,23,25,28H,3,5,21-22,24,26-27H2,1-2,4H3/b37-25+. The molecular weight excluding hydrogens is 737 g/mol. The average molecular weight is 778 g/mol. The number of hydrogen-bond acceptors (Lipinski definition) is 4. The Bertz CT molecular complexity index is 2060. The zero-order valence-corrected chi connectivity index (χ0v) is 31.8. The molecule has 1 amide bonds. The van der Waals surface area contributed by atoms with Crippen molar-refractivity contribution in [2.24, 2.45) is 5.92 Å². The second-order valence-electron chi connectivity index (χ2n) is 13.3. The molecule has 5 rings (SSSR count). The van der Waals surface area contributed by atoms with Crippen LogP contribution in [0.15, 0.2) is 132 Å². The van der Waals surface area contributed by atoms with Gasteiger partial charge < -0.3 is 14.7 Å². The summed E-state index contributed by atoms with van der Waals surface area (Å²) in [5.41, 5.74) is 4.75. The molecule has 0 N–H and O–H groups in total. The molecule has 0 unspecified atom stereocenters. The molecule has 1 heterocycles. The van der Waals surface area contributed by atoms with Crippen molar-refractivity contribution in [1.29, 1.82) is 0 Å². The van der Waals surface area contributed by atoms with E-state index in [4.69, 9.17) is 11.6 Å². The van der Waals surface area contributed by atoms with E-state index in [1.165, 1.54) is 36.0 Å². The highest BCUT2D eigenvalue weighted by Gasteiger charge is 2.30. The zero-order chi connectivity index (χ0) is 39.2. The molecule has 1 aliphatic heterocycles. The van der Waals surface area contributed by atoms with Gasteiger partial charge in [-0.15, -0.1) is 11.8 Å². The number of fused-ring (bicyclic) bond motifs is 1. The van der Waals surface area contributed by atoms with Gasteiger partial charge in [-0.25, -0.2) is 8.78 Å². The van der Waals surface area contributed by atoms with Crippen LogP contribution in [-0.4, -0.2) is 35.3 Å². The van der Waals surface area contributed by atoms with Crippen LogP contribution in [0.2, 0.25) is 0 Å². The molecule has 282 valence electrons. The number of thioether (sulfide) groups is 1. The smallest absolute Gasteiger partial charge is 0.349 e. The highest BCUT2D eigenvalue weighted by Crippen LogP contribution is 2.40. The van der Waals surface area contributed by atoms with E-state index >= 15 is 0 Å². The Morgan fingerprint density at radius 1 is 0.926 bits per heavy atom. The molecule has 4 aromatic rings. The fraction of sp³-hybridized carbons (Fsp3) is 0.233. The second-order valence-corrected chi connectivity index (χ2v) is 14.7. The van der Waals surface area contributed by atoms with Crippen LogP contribution in [0.1, 0.15) is 43.0 Å². The topological polar surface area (TPSA) is 26.8 Å². The van der Waals surface area contributed by atoms with Crippen molar-refractivity contribution in [3.05, 3.63) is 166 Å². The lowest BCUT2D eigenvalue weighted by molar-refractivity contribution is -0.137. The van der Waals surface area contributed by atoms with Crippen LogP contribution in [0, 0.1) is 17.6 Å². The quantitative estimate of drug-likeness (QED) is 0.119. The van der Waals surface area contributed by atoms with Crippen molar-refractivity contribution < 1.29 is 26.7 Å². The van der Waals surface area contributed by atoms with Gasteiger partial charge in [0.2, 0.25) is 5.91 Å². The van der Waals surface area contributed by atoms with Gasteiger partial charge in [-0.2, -0.15) is 13.2 Å². The summed E-state index contributed by atoms with van der Waals surface area (Å²) < 4.78 is 68.1. The van der Waals surface area contributed by atoms with E-state index < -0.39 is 23.4 Å². The fourth-order valence-electron chi connectivity index (χ4n) is 5.79. The number of hydrogen-bond donors (Lipinski definition) is 0. The summed E-state index contributed by atoms with van der Waals surface area (Å²) in [6, 6.07) is 24.0. The molecule has 0 fully saturated rings. The van der Waals surface area contributed by atoms with Gasteiger partial charge in [0.05, 0.1) is 10.6 Å². The van der Waals surface area contributed by atoms with Crippen molar-refractivity contribution in [2.75, 3.05) is 24.5 Å². The highest BCUT2D eigenvalue weighted by atomic mass is 35.5. The number of allylic oxidation sites excluding steroid dienone is 4. The van der Waals surface area contributed by atoms with E-state index in [2.05, 4.69) is 13.2 Å². The van der Waals surface area contributed by atoms with Crippen LogP contribution in [0.3, 0.4) is 0 Å². The summed E-state index contributed by atoms with van der Waals surface area (Å²) in [6.07, 6.45) is -0.748. The Kier molecular flexibility index (Phi) is 13.1. The lowest BCUT2D eigenvalue weighted by Crippen LogP contribution is -2.43. The first-order valence-corrected chi connectivity index (χ1v) is 18.7. The zero-order valence-electron chi connectivity index (χ0n) is 30.3. The van der Waals surface area contributed by atoms with Crippen molar-refractivity contribution in [3.8, 4) is 11.1 Å². The van der Waals surface area contributed by atoms with Gasteiger partial charge in [-0.1, -0.05) is 105 Å². The number of carbonyl (C=O) groups is 1. The lowest BCUT2D eigenvalue weighted by Gasteiger charge is -2.35. The molecule has 0 saturated heterocycles. The van der Waals surface area contributed by atoms with E-state index in [-0.39, 0.29) is 36.2 Å². The van der Waals surface area contributed by atoms with Crippen LogP contribution < -0.4 is 4.90 Å². The number of anilines is 1. The summed E-state index contributed by atoms with van der Waals surface area (Å²) in [5, 5.41) is 1.30. The number of carbonyl (C=O) groups excluding carboxylic acids is 1. The number of rotatable bonds is 14. The van der Waals surface area contributed by atoms with Crippen LogP contribution in [0.25, 0.3) is 16.7 Å². The predicted molar refractivity (Wildman–Crippen MR) is 211 cm³/mol. The number of alkyl halides is 3. The molecule has 0 saturated carbocycles. The molecule has 11 heteroatoms. The molecule has 0 aliphatic carbocycles. The number of benzene rings is 4. The van der Waals surface area contributed by atoms with E-state index in [0.29, 0.717) is 28.7 Å². The Morgan fingerprint density at radius 3 is 2.20 bits per heavy atom. The fourth-order valence-corrected chi connectivity index (χ4v) is 6.98.